The fourth-order valence-corrected chi connectivity index (χ4v) is 3.43. The minimum atomic E-state index is -0.872. The fraction of sp³-hybridized carbons (Fsp3) is 0.550. The molecule has 26 heavy (non-hydrogen) atoms. The molecule has 1 aromatic carbocycles. The van der Waals surface area contributed by atoms with E-state index in [4.69, 9.17) is 0 Å². The van der Waals surface area contributed by atoms with Crippen molar-refractivity contribution in [2.24, 2.45) is 17.8 Å². The summed E-state index contributed by atoms with van der Waals surface area (Å²) in [6.45, 7) is 6.45. The van der Waals surface area contributed by atoms with Crippen molar-refractivity contribution in [3.8, 4) is 0 Å². The molecule has 3 unspecified atom stereocenters. The summed E-state index contributed by atoms with van der Waals surface area (Å²) in [4.78, 5) is 38.3. The van der Waals surface area contributed by atoms with Crippen LogP contribution in [0.4, 0.5) is 0 Å². The van der Waals surface area contributed by atoms with Crippen molar-refractivity contribution in [2.75, 3.05) is 13.1 Å². The number of nitrogens with one attached hydrogen (secondary N) is 1. The summed E-state index contributed by atoms with van der Waals surface area (Å²) in [5.74, 6) is -1.77. The van der Waals surface area contributed by atoms with E-state index >= 15 is 0 Å². The highest BCUT2D eigenvalue weighted by molar-refractivity contribution is 5.89. The van der Waals surface area contributed by atoms with Crippen LogP contribution in [0.15, 0.2) is 30.3 Å². The quantitative estimate of drug-likeness (QED) is 0.812. The lowest BCUT2D eigenvalue weighted by molar-refractivity contribution is -0.148. The Balaban J connectivity index is 2.04. The number of hydrogen-bond acceptors (Lipinski definition) is 3. The normalized spacial score (nSPS) is 21.3. The molecule has 0 aromatic heterocycles. The highest BCUT2D eigenvalue weighted by Gasteiger charge is 2.36. The number of carboxylic acid groups (broad SMARTS) is 1. The van der Waals surface area contributed by atoms with Gasteiger partial charge in [-0.05, 0) is 23.8 Å². The van der Waals surface area contributed by atoms with Gasteiger partial charge in [0.15, 0.2) is 0 Å². The summed E-state index contributed by atoms with van der Waals surface area (Å²) in [5, 5.41) is 12.1. The fourth-order valence-electron chi connectivity index (χ4n) is 3.43. The molecule has 142 valence electrons. The molecule has 2 N–H and O–H groups in total. The third kappa shape index (κ3) is 5.31. The van der Waals surface area contributed by atoms with Gasteiger partial charge in [-0.3, -0.25) is 14.4 Å². The van der Waals surface area contributed by atoms with E-state index < -0.39 is 17.9 Å². The number of benzene rings is 1. The summed E-state index contributed by atoms with van der Waals surface area (Å²) in [5.41, 5.74) is 0.887. The molecule has 1 fully saturated rings. The second kappa shape index (κ2) is 8.83. The summed E-state index contributed by atoms with van der Waals surface area (Å²) >= 11 is 0. The molecule has 2 rings (SSSR count). The van der Waals surface area contributed by atoms with Crippen LogP contribution >= 0.6 is 0 Å². The Morgan fingerprint density at radius 3 is 2.42 bits per heavy atom. The van der Waals surface area contributed by atoms with Gasteiger partial charge in [-0.15, -0.1) is 0 Å². The third-order valence-corrected chi connectivity index (χ3v) is 4.78. The molecule has 1 aliphatic heterocycles. The Labute approximate surface area is 154 Å². The maximum absolute atomic E-state index is 13.0. The number of rotatable bonds is 6. The van der Waals surface area contributed by atoms with Crippen LogP contribution < -0.4 is 5.32 Å². The van der Waals surface area contributed by atoms with Crippen molar-refractivity contribution in [1.29, 1.82) is 0 Å². The van der Waals surface area contributed by atoms with Gasteiger partial charge >= 0.3 is 5.97 Å². The molecule has 6 nitrogen and oxygen atoms in total. The number of carboxylic acids is 1. The lowest BCUT2D eigenvalue weighted by Gasteiger charge is -2.37. The highest BCUT2D eigenvalue weighted by Crippen LogP contribution is 2.23. The lowest BCUT2D eigenvalue weighted by atomic mass is 9.89. The number of amides is 2. The molecule has 6 heteroatoms. The first kappa shape index (κ1) is 19.9. The topological polar surface area (TPSA) is 86.7 Å². The molecular weight excluding hydrogens is 332 g/mol. The minimum Gasteiger partial charge on any atom is -0.481 e. The van der Waals surface area contributed by atoms with Crippen LogP contribution in [0.25, 0.3) is 0 Å². The van der Waals surface area contributed by atoms with Gasteiger partial charge < -0.3 is 15.3 Å². The van der Waals surface area contributed by atoms with Crippen molar-refractivity contribution in [1.82, 2.24) is 10.2 Å². The van der Waals surface area contributed by atoms with E-state index in [2.05, 4.69) is 5.32 Å². The lowest BCUT2D eigenvalue weighted by Crippen LogP contribution is -2.55. The second-order valence-corrected chi connectivity index (χ2v) is 7.57. The molecule has 0 aliphatic carbocycles. The SMILES string of the molecule is CC1CC(C(=O)O)CN(C(=O)C(NC(=O)Cc2ccccc2)C(C)C)C1. The average Bonchev–Trinajstić information content (AvgIpc) is 2.59. The molecule has 3 atom stereocenters. The van der Waals surface area contributed by atoms with E-state index in [9.17, 15) is 19.5 Å². The number of nitrogens with zero attached hydrogens (tertiary/aromatic N) is 1. The predicted molar refractivity (Wildman–Crippen MR) is 98.4 cm³/mol. The maximum atomic E-state index is 13.0. The van der Waals surface area contributed by atoms with Crippen molar-refractivity contribution >= 4 is 17.8 Å². The van der Waals surface area contributed by atoms with Gasteiger partial charge in [0.25, 0.3) is 0 Å². The molecular formula is C20H28N2O4. The van der Waals surface area contributed by atoms with E-state index in [0.29, 0.717) is 13.0 Å². The van der Waals surface area contributed by atoms with E-state index in [1.54, 1.807) is 4.90 Å². The zero-order valence-corrected chi connectivity index (χ0v) is 15.6. The second-order valence-electron chi connectivity index (χ2n) is 7.57. The van der Waals surface area contributed by atoms with E-state index in [0.717, 1.165) is 5.56 Å². The van der Waals surface area contributed by atoms with Gasteiger partial charge in [0, 0.05) is 13.1 Å². The van der Waals surface area contributed by atoms with Crippen LogP contribution in [-0.2, 0) is 20.8 Å². The molecule has 1 aromatic rings. The molecule has 1 aliphatic rings. The number of hydrogen-bond donors (Lipinski definition) is 2. The summed E-state index contributed by atoms with van der Waals surface area (Å²) in [6, 6.07) is 8.72. The number of piperidine rings is 1. The number of carbonyl (C=O) groups excluding carboxylic acids is 2. The van der Waals surface area contributed by atoms with Crippen LogP contribution in [0.3, 0.4) is 0 Å². The number of carbonyl (C=O) groups is 3. The average molecular weight is 360 g/mol. The summed E-state index contributed by atoms with van der Waals surface area (Å²) in [6.07, 6.45) is 0.789. The maximum Gasteiger partial charge on any atom is 0.308 e. The van der Waals surface area contributed by atoms with Crippen LogP contribution in [0, 0.1) is 17.8 Å². The standard InChI is InChI=1S/C20H28N2O4/c1-13(2)18(21-17(23)10-15-7-5-4-6-8-15)19(24)22-11-14(3)9-16(12-22)20(25)26/h4-8,13-14,16,18H,9-12H2,1-3H3,(H,21,23)(H,25,26). The smallest absolute Gasteiger partial charge is 0.308 e. The molecule has 2 amide bonds. The summed E-state index contributed by atoms with van der Waals surface area (Å²) in [7, 11) is 0. The van der Waals surface area contributed by atoms with Crippen LogP contribution in [0.5, 0.6) is 0 Å². The molecule has 0 spiro atoms. The Morgan fingerprint density at radius 1 is 1.19 bits per heavy atom. The van der Waals surface area contributed by atoms with Crippen LogP contribution in [-0.4, -0.2) is 46.9 Å². The van der Waals surface area contributed by atoms with Gasteiger partial charge in [-0.1, -0.05) is 51.1 Å². The number of likely N-dealkylation sites (tertiary alicyclic amines) is 1. The minimum absolute atomic E-state index is 0.0808. The number of aliphatic carboxylic acids is 1. The van der Waals surface area contributed by atoms with Gasteiger partial charge in [-0.25, -0.2) is 0 Å². The van der Waals surface area contributed by atoms with E-state index in [1.165, 1.54) is 0 Å². The summed E-state index contributed by atoms with van der Waals surface area (Å²) < 4.78 is 0. The van der Waals surface area contributed by atoms with Crippen molar-refractivity contribution < 1.29 is 19.5 Å². The largest absolute Gasteiger partial charge is 0.481 e. The zero-order valence-electron chi connectivity index (χ0n) is 15.6. The Bertz CT molecular complexity index is 644. The van der Waals surface area contributed by atoms with Crippen LogP contribution in [0.2, 0.25) is 0 Å². The molecule has 0 saturated carbocycles. The zero-order chi connectivity index (χ0) is 19.3. The Kier molecular flexibility index (Phi) is 6.77. The van der Waals surface area contributed by atoms with Crippen molar-refractivity contribution in [3.05, 3.63) is 35.9 Å². The molecule has 1 heterocycles. The first-order chi connectivity index (χ1) is 12.3. The molecule has 1 saturated heterocycles. The first-order valence-electron chi connectivity index (χ1n) is 9.12. The Hall–Kier alpha value is -2.37. The monoisotopic (exact) mass is 360 g/mol. The molecule has 0 radical (unpaired) electrons. The molecule has 0 bridgehead atoms. The predicted octanol–water partition coefficient (Wildman–Crippen LogP) is 1.94. The Morgan fingerprint density at radius 2 is 1.85 bits per heavy atom. The highest BCUT2D eigenvalue weighted by atomic mass is 16.4. The van der Waals surface area contributed by atoms with Gasteiger partial charge in [-0.2, -0.15) is 0 Å². The van der Waals surface area contributed by atoms with Crippen molar-refractivity contribution in [2.45, 2.75) is 39.7 Å². The van der Waals surface area contributed by atoms with Crippen LogP contribution in [0.1, 0.15) is 32.8 Å². The first-order valence-corrected chi connectivity index (χ1v) is 9.12. The van der Waals surface area contributed by atoms with Gasteiger partial charge in [0.1, 0.15) is 6.04 Å². The third-order valence-electron chi connectivity index (χ3n) is 4.78. The van der Waals surface area contributed by atoms with E-state index in [-0.39, 0.29) is 36.6 Å². The van der Waals surface area contributed by atoms with E-state index in [1.807, 2.05) is 51.1 Å². The van der Waals surface area contributed by atoms with Gasteiger partial charge in [0.05, 0.1) is 12.3 Å². The van der Waals surface area contributed by atoms with Crippen molar-refractivity contribution in [3.63, 3.8) is 0 Å². The van der Waals surface area contributed by atoms with Gasteiger partial charge in [0.2, 0.25) is 11.8 Å².